The third-order valence-electron chi connectivity index (χ3n) is 3.56. The van der Waals surface area contributed by atoms with E-state index in [4.69, 9.17) is 0 Å². The summed E-state index contributed by atoms with van der Waals surface area (Å²) in [6.45, 7) is -1.30. The molecule has 3 rings (SSSR count). The van der Waals surface area contributed by atoms with E-state index in [1.165, 1.54) is 18.3 Å². The van der Waals surface area contributed by atoms with Gasteiger partial charge in [-0.25, -0.2) is 9.07 Å². The van der Waals surface area contributed by atoms with Crippen LogP contribution in [0.2, 0.25) is 0 Å². The molecule has 1 aromatic carbocycles. The monoisotopic (exact) mass is 369 g/mol. The van der Waals surface area contributed by atoms with Crippen molar-refractivity contribution in [2.45, 2.75) is 19.4 Å². The second-order valence-corrected chi connectivity index (χ2v) is 6.87. The summed E-state index contributed by atoms with van der Waals surface area (Å²) in [6.07, 6.45) is 3.09. The summed E-state index contributed by atoms with van der Waals surface area (Å²) in [5, 5.41) is 4.17. The molecule has 0 bridgehead atoms. The number of pyridine rings is 1. The van der Waals surface area contributed by atoms with Gasteiger partial charge in [0.2, 0.25) is 0 Å². The zero-order valence-electron chi connectivity index (χ0n) is 13.2. The zero-order valence-corrected chi connectivity index (χ0v) is 14.0. The predicted octanol–water partition coefficient (Wildman–Crippen LogP) is 3.56. The second-order valence-electron chi connectivity index (χ2n) is 5.15. The van der Waals surface area contributed by atoms with Gasteiger partial charge in [-0.15, -0.1) is 0 Å². The Bertz CT molecular complexity index is 888. The molecular weight excluding hydrogens is 355 g/mol. The van der Waals surface area contributed by atoms with Crippen LogP contribution in [0.15, 0.2) is 36.7 Å². The van der Waals surface area contributed by atoms with Crippen LogP contribution >= 0.6 is 0 Å². The van der Waals surface area contributed by atoms with Gasteiger partial charge in [0.05, 0.1) is 11.7 Å². The van der Waals surface area contributed by atoms with Crippen molar-refractivity contribution in [2.24, 2.45) is 0 Å². The standard InChI is InChI=1S/C16H14F3N3O2S/c1-2-25(23)9-22-14-5-11(7-20-13(14)8-21-22)10-3-4-12(17)15(6-10)24-16(18)19/h3-8,16H,2,9H2,1H3. The van der Waals surface area contributed by atoms with Crippen molar-refractivity contribution in [2.75, 3.05) is 5.75 Å². The summed E-state index contributed by atoms with van der Waals surface area (Å²) in [7, 11) is 0. The molecule has 2 heterocycles. The summed E-state index contributed by atoms with van der Waals surface area (Å²) < 4.78 is 55.8. The summed E-state index contributed by atoms with van der Waals surface area (Å²) in [5.74, 6) is -0.677. The van der Waals surface area contributed by atoms with Gasteiger partial charge in [0.25, 0.3) is 0 Å². The average Bonchev–Trinajstić information content (AvgIpc) is 2.98. The first-order valence-electron chi connectivity index (χ1n) is 7.39. The molecule has 3 aromatic rings. The summed E-state index contributed by atoms with van der Waals surface area (Å²) in [6, 6.07) is 5.43. The number of fused-ring (bicyclic) bond motifs is 1. The van der Waals surface area contributed by atoms with Crippen LogP contribution in [0.25, 0.3) is 22.2 Å². The smallest absolute Gasteiger partial charge is 0.387 e. The van der Waals surface area contributed by atoms with Crippen LogP contribution in [-0.2, 0) is 17.1 Å². The minimum absolute atomic E-state index is 0.230. The van der Waals surface area contributed by atoms with E-state index in [1.807, 2.05) is 6.92 Å². The van der Waals surface area contributed by atoms with Gasteiger partial charge in [0, 0.05) is 11.8 Å². The summed E-state index contributed by atoms with van der Waals surface area (Å²) in [4.78, 5) is 4.26. The Balaban J connectivity index is 2.00. The van der Waals surface area contributed by atoms with Crippen molar-refractivity contribution >= 4 is 22.2 Å². The molecule has 0 aliphatic carbocycles. The quantitative estimate of drug-likeness (QED) is 0.623. The number of aromatic nitrogens is 3. The van der Waals surface area contributed by atoms with Gasteiger partial charge in [0.15, 0.2) is 17.4 Å². The fourth-order valence-corrected chi connectivity index (χ4v) is 2.98. The second kappa shape index (κ2) is 7.32. The number of rotatable bonds is 6. The Morgan fingerprint density at radius 1 is 1.24 bits per heavy atom. The molecule has 0 radical (unpaired) electrons. The summed E-state index contributed by atoms with van der Waals surface area (Å²) >= 11 is -1.06. The molecule has 25 heavy (non-hydrogen) atoms. The van der Waals surface area contributed by atoms with Crippen LogP contribution in [0, 0.1) is 5.82 Å². The van der Waals surface area contributed by atoms with Crippen LogP contribution in [0.1, 0.15) is 6.92 Å². The van der Waals surface area contributed by atoms with Gasteiger partial charge < -0.3 is 9.29 Å². The van der Waals surface area contributed by atoms with Crippen LogP contribution in [0.3, 0.4) is 0 Å². The first-order valence-corrected chi connectivity index (χ1v) is 8.88. The minimum Gasteiger partial charge on any atom is -0.615 e. The van der Waals surface area contributed by atoms with Gasteiger partial charge in [0.1, 0.15) is 11.3 Å². The molecule has 132 valence electrons. The average molecular weight is 369 g/mol. The maximum atomic E-state index is 13.6. The van der Waals surface area contributed by atoms with E-state index in [0.717, 1.165) is 6.07 Å². The lowest BCUT2D eigenvalue weighted by molar-refractivity contribution is -0.0521. The lowest BCUT2D eigenvalue weighted by Crippen LogP contribution is -2.13. The predicted molar refractivity (Wildman–Crippen MR) is 88.2 cm³/mol. The van der Waals surface area contributed by atoms with Gasteiger partial charge >= 0.3 is 6.61 Å². The molecule has 1 atom stereocenters. The maximum Gasteiger partial charge on any atom is 0.387 e. The van der Waals surface area contributed by atoms with Crippen molar-refractivity contribution < 1.29 is 22.5 Å². The highest BCUT2D eigenvalue weighted by atomic mass is 32.2. The van der Waals surface area contributed by atoms with Crippen LogP contribution < -0.4 is 4.74 Å². The lowest BCUT2D eigenvalue weighted by Gasteiger charge is -2.10. The third kappa shape index (κ3) is 3.88. The highest BCUT2D eigenvalue weighted by Crippen LogP contribution is 2.29. The molecule has 0 saturated heterocycles. The minimum atomic E-state index is -3.11. The van der Waals surface area contributed by atoms with Crippen molar-refractivity contribution in [1.29, 1.82) is 0 Å². The molecule has 0 N–H and O–H groups in total. The number of nitrogens with zero attached hydrogens (tertiary/aromatic N) is 3. The highest BCUT2D eigenvalue weighted by molar-refractivity contribution is 7.90. The van der Waals surface area contributed by atoms with Gasteiger partial charge in [-0.1, -0.05) is 6.07 Å². The highest BCUT2D eigenvalue weighted by Gasteiger charge is 2.14. The Morgan fingerprint density at radius 2 is 2.04 bits per heavy atom. The molecule has 0 amide bonds. The van der Waals surface area contributed by atoms with E-state index in [9.17, 15) is 17.7 Å². The molecule has 0 fully saturated rings. The first-order chi connectivity index (χ1) is 12.0. The Hall–Kier alpha value is -2.26. The molecule has 0 spiro atoms. The van der Waals surface area contributed by atoms with E-state index >= 15 is 0 Å². The van der Waals surface area contributed by atoms with Crippen LogP contribution in [0.5, 0.6) is 5.75 Å². The van der Waals surface area contributed by atoms with Crippen LogP contribution in [-0.4, -0.2) is 31.7 Å². The van der Waals surface area contributed by atoms with E-state index < -0.39 is 29.4 Å². The fourth-order valence-electron chi connectivity index (χ4n) is 2.31. The Morgan fingerprint density at radius 3 is 2.76 bits per heavy atom. The van der Waals surface area contributed by atoms with Gasteiger partial charge in [-0.3, -0.25) is 4.98 Å². The third-order valence-corrected chi connectivity index (χ3v) is 4.74. The van der Waals surface area contributed by atoms with Crippen molar-refractivity contribution in [3.8, 4) is 16.9 Å². The van der Waals surface area contributed by atoms with Gasteiger partial charge in [-0.05, 0) is 41.9 Å². The Labute approximate surface area is 144 Å². The number of hydrogen-bond acceptors (Lipinski definition) is 4. The molecule has 1 unspecified atom stereocenters. The zero-order chi connectivity index (χ0) is 18.0. The van der Waals surface area contributed by atoms with E-state index in [1.54, 1.807) is 16.9 Å². The largest absolute Gasteiger partial charge is 0.615 e. The van der Waals surface area contributed by atoms with Crippen LogP contribution in [0.4, 0.5) is 13.2 Å². The molecule has 0 aliphatic heterocycles. The molecule has 5 nitrogen and oxygen atoms in total. The molecular formula is C16H14F3N3O2S. The van der Waals surface area contributed by atoms with E-state index in [0.29, 0.717) is 27.9 Å². The molecule has 9 heteroatoms. The molecule has 2 aromatic heterocycles. The van der Waals surface area contributed by atoms with Crippen molar-refractivity contribution in [3.05, 3.63) is 42.5 Å². The van der Waals surface area contributed by atoms with Crippen molar-refractivity contribution in [3.63, 3.8) is 0 Å². The number of benzene rings is 1. The number of ether oxygens (including phenoxy) is 1. The number of alkyl halides is 2. The lowest BCUT2D eigenvalue weighted by atomic mass is 10.1. The summed E-state index contributed by atoms with van der Waals surface area (Å²) in [5.41, 5.74) is 2.31. The normalized spacial score (nSPS) is 12.7. The SMILES string of the molecule is CC[S+]([O-])Cn1ncc2ncc(-c3ccc(F)c(OC(F)F)c3)cc21. The maximum absolute atomic E-state index is 13.6. The van der Waals surface area contributed by atoms with Crippen molar-refractivity contribution in [1.82, 2.24) is 14.8 Å². The first kappa shape index (κ1) is 17.6. The number of halogens is 3. The molecule has 0 aliphatic rings. The fraction of sp³-hybridized carbons (Fsp3) is 0.250. The Kier molecular flexibility index (Phi) is 5.14. The number of hydrogen-bond donors (Lipinski definition) is 0. The molecule has 0 saturated carbocycles. The van der Waals surface area contributed by atoms with E-state index in [-0.39, 0.29) is 5.88 Å². The van der Waals surface area contributed by atoms with Gasteiger partial charge in [-0.2, -0.15) is 13.9 Å². The van der Waals surface area contributed by atoms with E-state index in [2.05, 4.69) is 14.8 Å². The topological polar surface area (TPSA) is 63.0 Å².